The summed E-state index contributed by atoms with van der Waals surface area (Å²) in [5.74, 6) is 0.798. The van der Waals surface area contributed by atoms with Crippen LogP contribution in [0.2, 0.25) is 0 Å². The summed E-state index contributed by atoms with van der Waals surface area (Å²) in [4.78, 5) is 0. The van der Waals surface area contributed by atoms with Crippen molar-refractivity contribution < 1.29 is 9.47 Å². The number of hydrogen-bond acceptors (Lipinski definition) is 3. The first-order chi connectivity index (χ1) is 4.93. The lowest BCUT2D eigenvalue weighted by atomic mass is 10.2. The Balaban J connectivity index is 1.91. The zero-order valence-corrected chi connectivity index (χ0v) is 6.98. The second-order valence-electron chi connectivity index (χ2n) is 2.43. The molecule has 1 rings (SSSR count). The van der Waals surface area contributed by atoms with Gasteiger partial charge in [0.2, 0.25) is 0 Å². The molecule has 0 aromatic heterocycles. The van der Waals surface area contributed by atoms with Gasteiger partial charge in [0.25, 0.3) is 0 Å². The van der Waals surface area contributed by atoms with Gasteiger partial charge in [-0.25, -0.2) is 0 Å². The third kappa shape index (κ3) is 2.90. The average Bonchev–Trinajstić information content (AvgIpc) is 2.41. The van der Waals surface area contributed by atoms with Crippen LogP contribution in [0.25, 0.3) is 0 Å². The van der Waals surface area contributed by atoms with Crippen molar-refractivity contribution in [3.8, 4) is 0 Å². The maximum atomic E-state index is 5.35. The highest BCUT2D eigenvalue weighted by molar-refractivity contribution is 7.80. The van der Waals surface area contributed by atoms with Gasteiger partial charge < -0.3 is 9.47 Å². The standard InChI is InChI=1S/C7H14O2S/c10-5-4-8-6-7-2-1-3-9-7/h7,10H,1-6H2. The molecule has 60 valence electrons. The topological polar surface area (TPSA) is 18.5 Å². The van der Waals surface area contributed by atoms with Crippen molar-refractivity contribution in [2.24, 2.45) is 0 Å². The van der Waals surface area contributed by atoms with Crippen molar-refractivity contribution in [3.05, 3.63) is 0 Å². The third-order valence-corrected chi connectivity index (χ3v) is 1.75. The quantitative estimate of drug-likeness (QED) is 0.493. The summed E-state index contributed by atoms with van der Waals surface area (Å²) in [6.07, 6.45) is 2.71. The number of hydrogen-bond donors (Lipinski definition) is 1. The average molecular weight is 162 g/mol. The Morgan fingerprint density at radius 3 is 3.10 bits per heavy atom. The molecule has 10 heavy (non-hydrogen) atoms. The van der Waals surface area contributed by atoms with Crippen molar-refractivity contribution in [1.82, 2.24) is 0 Å². The van der Waals surface area contributed by atoms with Crippen LogP contribution in [0.5, 0.6) is 0 Å². The molecule has 0 radical (unpaired) electrons. The van der Waals surface area contributed by atoms with Crippen molar-refractivity contribution >= 4 is 12.6 Å². The van der Waals surface area contributed by atoms with Crippen LogP contribution in [0.4, 0.5) is 0 Å². The predicted molar refractivity (Wildman–Crippen MR) is 43.6 cm³/mol. The van der Waals surface area contributed by atoms with Gasteiger partial charge in [-0.2, -0.15) is 12.6 Å². The fraction of sp³-hybridized carbons (Fsp3) is 1.00. The molecule has 0 bridgehead atoms. The molecule has 2 nitrogen and oxygen atoms in total. The van der Waals surface area contributed by atoms with Gasteiger partial charge in [0.05, 0.1) is 19.3 Å². The molecular formula is C7H14O2S. The Hall–Kier alpha value is 0.270. The van der Waals surface area contributed by atoms with E-state index in [-0.39, 0.29) is 0 Å². The number of rotatable bonds is 4. The van der Waals surface area contributed by atoms with E-state index in [0.29, 0.717) is 6.10 Å². The number of ether oxygens (including phenoxy) is 2. The van der Waals surface area contributed by atoms with Crippen LogP contribution in [0.1, 0.15) is 12.8 Å². The first kappa shape index (κ1) is 8.37. The zero-order valence-electron chi connectivity index (χ0n) is 6.08. The van der Waals surface area contributed by atoms with Crippen LogP contribution < -0.4 is 0 Å². The van der Waals surface area contributed by atoms with Crippen LogP contribution in [0.3, 0.4) is 0 Å². The maximum absolute atomic E-state index is 5.35. The molecule has 0 aromatic carbocycles. The highest BCUT2D eigenvalue weighted by Gasteiger charge is 2.14. The minimum atomic E-state index is 0.361. The molecule has 0 N–H and O–H groups in total. The monoisotopic (exact) mass is 162 g/mol. The van der Waals surface area contributed by atoms with Crippen LogP contribution in [0, 0.1) is 0 Å². The van der Waals surface area contributed by atoms with Gasteiger partial charge in [0.1, 0.15) is 0 Å². The molecule has 1 heterocycles. The van der Waals surface area contributed by atoms with Crippen LogP contribution in [-0.4, -0.2) is 31.7 Å². The molecule has 0 spiro atoms. The minimum absolute atomic E-state index is 0.361. The molecule has 0 aliphatic carbocycles. The second kappa shape index (κ2) is 4.99. The van der Waals surface area contributed by atoms with Crippen molar-refractivity contribution in [2.75, 3.05) is 25.6 Å². The molecule has 1 aliphatic rings. The van der Waals surface area contributed by atoms with Gasteiger partial charge in [-0.3, -0.25) is 0 Å². The van der Waals surface area contributed by atoms with E-state index in [0.717, 1.165) is 32.0 Å². The lowest BCUT2D eigenvalue weighted by Crippen LogP contribution is -2.14. The fourth-order valence-corrected chi connectivity index (χ4v) is 1.18. The summed E-state index contributed by atoms with van der Waals surface area (Å²) in [5, 5.41) is 0. The molecule has 1 unspecified atom stereocenters. The van der Waals surface area contributed by atoms with Crippen LogP contribution >= 0.6 is 12.6 Å². The Morgan fingerprint density at radius 1 is 1.60 bits per heavy atom. The lowest BCUT2D eigenvalue weighted by molar-refractivity contribution is 0.0226. The van der Waals surface area contributed by atoms with E-state index in [2.05, 4.69) is 12.6 Å². The number of thiol groups is 1. The first-order valence-corrected chi connectivity index (χ1v) is 4.37. The SMILES string of the molecule is SCCOCC1CCCO1. The smallest absolute Gasteiger partial charge is 0.0809 e. The van der Waals surface area contributed by atoms with E-state index in [4.69, 9.17) is 9.47 Å². The van der Waals surface area contributed by atoms with E-state index in [1.54, 1.807) is 0 Å². The Kier molecular flexibility index (Phi) is 4.18. The summed E-state index contributed by atoms with van der Waals surface area (Å²) in [6.45, 7) is 2.40. The molecule has 1 aliphatic heterocycles. The molecule has 3 heteroatoms. The summed E-state index contributed by atoms with van der Waals surface area (Å²) >= 11 is 4.03. The lowest BCUT2D eigenvalue weighted by Gasteiger charge is -2.08. The molecule has 0 aromatic rings. The molecule has 1 atom stereocenters. The molecule has 0 saturated carbocycles. The van der Waals surface area contributed by atoms with Crippen LogP contribution in [0.15, 0.2) is 0 Å². The Morgan fingerprint density at radius 2 is 2.50 bits per heavy atom. The van der Waals surface area contributed by atoms with Gasteiger partial charge >= 0.3 is 0 Å². The summed E-state index contributed by atoms with van der Waals surface area (Å²) < 4.78 is 10.6. The molecule has 1 saturated heterocycles. The van der Waals surface area contributed by atoms with Gasteiger partial charge in [-0.15, -0.1) is 0 Å². The van der Waals surface area contributed by atoms with Crippen LogP contribution in [-0.2, 0) is 9.47 Å². The van der Waals surface area contributed by atoms with E-state index < -0.39 is 0 Å². The van der Waals surface area contributed by atoms with Gasteiger partial charge in [0, 0.05) is 12.4 Å². The summed E-state index contributed by atoms with van der Waals surface area (Å²) in [6, 6.07) is 0. The fourth-order valence-electron chi connectivity index (χ4n) is 1.06. The van der Waals surface area contributed by atoms with E-state index in [9.17, 15) is 0 Å². The zero-order chi connectivity index (χ0) is 7.23. The molecule has 1 fully saturated rings. The van der Waals surface area contributed by atoms with E-state index in [1.165, 1.54) is 6.42 Å². The predicted octanol–water partition coefficient (Wildman–Crippen LogP) is 1.11. The van der Waals surface area contributed by atoms with Gasteiger partial charge in [-0.1, -0.05) is 0 Å². The Bertz CT molecular complexity index is 81.7. The third-order valence-electron chi connectivity index (χ3n) is 1.56. The van der Waals surface area contributed by atoms with Gasteiger partial charge in [0.15, 0.2) is 0 Å². The van der Waals surface area contributed by atoms with Crippen molar-refractivity contribution in [2.45, 2.75) is 18.9 Å². The van der Waals surface area contributed by atoms with E-state index >= 15 is 0 Å². The molecule has 0 amide bonds. The highest BCUT2D eigenvalue weighted by atomic mass is 32.1. The normalized spacial score (nSPS) is 25.5. The van der Waals surface area contributed by atoms with Crippen molar-refractivity contribution in [1.29, 1.82) is 0 Å². The Labute approximate surface area is 67.3 Å². The first-order valence-electron chi connectivity index (χ1n) is 3.73. The summed E-state index contributed by atoms with van der Waals surface area (Å²) in [5.41, 5.74) is 0. The van der Waals surface area contributed by atoms with E-state index in [1.807, 2.05) is 0 Å². The minimum Gasteiger partial charge on any atom is -0.378 e. The largest absolute Gasteiger partial charge is 0.378 e. The molecular weight excluding hydrogens is 148 g/mol. The highest BCUT2D eigenvalue weighted by Crippen LogP contribution is 2.11. The van der Waals surface area contributed by atoms with Gasteiger partial charge in [-0.05, 0) is 12.8 Å². The van der Waals surface area contributed by atoms with Crippen molar-refractivity contribution in [3.63, 3.8) is 0 Å². The summed E-state index contributed by atoms with van der Waals surface area (Å²) in [7, 11) is 0. The maximum Gasteiger partial charge on any atom is 0.0809 e. The second-order valence-corrected chi connectivity index (χ2v) is 2.88.